The maximum Gasteiger partial charge on any atom is 0.257 e. The van der Waals surface area contributed by atoms with Gasteiger partial charge >= 0.3 is 0 Å². The molecule has 6 nitrogen and oxygen atoms in total. The van der Waals surface area contributed by atoms with Gasteiger partial charge in [-0.25, -0.2) is 4.98 Å². The molecule has 4 aromatic rings. The molecule has 0 atom stereocenters. The summed E-state index contributed by atoms with van der Waals surface area (Å²) in [5.74, 6) is -0.0861. The lowest BCUT2D eigenvalue weighted by atomic mass is 10.1. The molecule has 1 N–H and O–H groups in total. The zero-order valence-corrected chi connectivity index (χ0v) is 17.2. The molecule has 1 saturated carbocycles. The smallest absolute Gasteiger partial charge is 0.257 e. The first-order valence-corrected chi connectivity index (χ1v) is 10.3. The predicted molar refractivity (Wildman–Crippen MR) is 122 cm³/mol. The number of carbonyl (C=O) groups is 2. The van der Waals surface area contributed by atoms with Crippen LogP contribution in [0.2, 0.25) is 0 Å². The van der Waals surface area contributed by atoms with Crippen molar-refractivity contribution in [2.45, 2.75) is 12.8 Å². The van der Waals surface area contributed by atoms with Gasteiger partial charge in [-0.15, -0.1) is 0 Å². The van der Waals surface area contributed by atoms with Gasteiger partial charge in [0.15, 0.2) is 0 Å². The minimum Gasteiger partial charge on any atom is -0.322 e. The van der Waals surface area contributed by atoms with E-state index in [1.54, 1.807) is 30.4 Å². The Balaban J connectivity index is 1.36. The van der Waals surface area contributed by atoms with E-state index in [4.69, 9.17) is 0 Å². The van der Waals surface area contributed by atoms with Crippen LogP contribution in [0.5, 0.6) is 0 Å². The van der Waals surface area contributed by atoms with Gasteiger partial charge in [0.2, 0.25) is 5.91 Å². The summed E-state index contributed by atoms with van der Waals surface area (Å²) in [5.41, 5.74) is 4.70. The van der Waals surface area contributed by atoms with Crippen molar-refractivity contribution in [2.75, 3.05) is 17.3 Å². The fourth-order valence-electron chi connectivity index (χ4n) is 3.75. The second kappa shape index (κ2) is 7.72. The van der Waals surface area contributed by atoms with Crippen LogP contribution in [-0.4, -0.2) is 28.4 Å². The summed E-state index contributed by atoms with van der Waals surface area (Å²) in [6, 6.07) is 22.8. The predicted octanol–water partition coefficient (Wildman–Crippen LogP) is 4.65. The van der Waals surface area contributed by atoms with Gasteiger partial charge in [-0.3, -0.25) is 14.2 Å². The minimum atomic E-state index is -0.244. The van der Waals surface area contributed by atoms with Crippen LogP contribution in [0, 0.1) is 5.92 Å². The third-order valence-electron chi connectivity index (χ3n) is 5.62. The van der Waals surface area contributed by atoms with E-state index < -0.39 is 0 Å². The highest BCUT2D eigenvalue weighted by Crippen LogP contribution is 2.33. The summed E-state index contributed by atoms with van der Waals surface area (Å²) in [5, 5.41) is 2.95. The molecule has 154 valence electrons. The molecule has 0 spiro atoms. The van der Waals surface area contributed by atoms with Crippen molar-refractivity contribution in [3.05, 3.63) is 84.7 Å². The van der Waals surface area contributed by atoms with Crippen molar-refractivity contribution in [1.29, 1.82) is 0 Å². The molecule has 5 rings (SSSR count). The number of imidazole rings is 1. The number of para-hydroxylation sites is 3. The SMILES string of the molecule is CN(C(=O)C1CC1)c1ccccc1C(=O)Nc1ccc(-n2cnc3ccccc32)cc1. The number of hydrogen-bond donors (Lipinski definition) is 1. The highest BCUT2D eigenvalue weighted by Gasteiger charge is 2.33. The normalized spacial score (nSPS) is 13.2. The van der Waals surface area contributed by atoms with E-state index in [1.807, 2.05) is 65.2 Å². The van der Waals surface area contributed by atoms with E-state index in [2.05, 4.69) is 10.3 Å². The van der Waals surface area contributed by atoms with E-state index in [9.17, 15) is 9.59 Å². The van der Waals surface area contributed by atoms with Crippen molar-refractivity contribution in [3.63, 3.8) is 0 Å². The van der Waals surface area contributed by atoms with E-state index in [0.29, 0.717) is 16.9 Å². The Morgan fingerprint density at radius 3 is 2.45 bits per heavy atom. The number of rotatable bonds is 5. The molecular formula is C25H22N4O2. The summed E-state index contributed by atoms with van der Waals surface area (Å²) in [4.78, 5) is 31.5. The zero-order valence-electron chi connectivity index (χ0n) is 17.2. The van der Waals surface area contributed by atoms with Crippen LogP contribution in [0.25, 0.3) is 16.7 Å². The Morgan fingerprint density at radius 1 is 0.968 bits per heavy atom. The van der Waals surface area contributed by atoms with E-state index >= 15 is 0 Å². The molecule has 0 saturated heterocycles. The number of nitrogens with zero attached hydrogens (tertiary/aromatic N) is 3. The number of nitrogens with one attached hydrogen (secondary N) is 1. The lowest BCUT2D eigenvalue weighted by Gasteiger charge is -2.20. The lowest BCUT2D eigenvalue weighted by molar-refractivity contribution is -0.119. The van der Waals surface area contributed by atoms with Gasteiger partial charge in [0.25, 0.3) is 5.91 Å². The molecule has 1 fully saturated rings. The molecule has 1 aliphatic carbocycles. The number of anilines is 2. The molecule has 1 aromatic heterocycles. The number of aromatic nitrogens is 2. The van der Waals surface area contributed by atoms with Crippen molar-refractivity contribution in [1.82, 2.24) is 9.55 Å². The summed E-state index contributed by atoms with van der Waals surface area (Å²) in [7, 11) is 1.73. The summed E-state index contributed by atoms with van der Waals surface area (Å²) < 4.78 is 2.01. The van der Waals surface area contributed by atoms with E-state index in [-0.39, 0.29) is 17.7 Å². The highest BCUT2D eigenvalue weighted by atomic mass is 16.2. The Bertz CT molecular complexity index is 1270. The second-order valence-electron chi connectivity index (χ2n) is 7.79. The Hall–Kier alpha value is -3.93. The fourth-order valence-corrected chi connectivity index (χ4v) is 3.75. The third-order valence-corrected chi connectivity index (χ3v) is 5.62. The van der Waals surface area contributed by atoms with Crippen molar-refractivity contribution < 1.29 is 9.59 Å². The van der Waals surface area contributed by atoms with Gasteiger partial charge in [-0.05, 0) is 61.4 Å². The first-order valence-electron chi connectivity index (χ1n) is 10.3. The van der Waals surface area contributed by atoms with E-state index in [0.717, 1.165) is 29.6 Å². The standard InChI is InChI=1S/C25H22N4O2/c1-28(25(31)17-10-11-17)22-8-4-2-6-20(22)24(30)27-18-12-14-19(15-13-18)29-16-26-21-7-3-5-9-23(21)29/h2-9,12-17H,10-11H2,1H3,(H,27,30). The Labute approximate surface area is 180 Å². The van der Waals surface area contributed by atoms with Crippen molar-refractivity contribution >= 4 is 34.2 Å². The molecule has 0 bridgehead atoms. The largest absolute Gasteiger partial charge is 0.322 e. The molecule has 31 heavy (non-hydrogen) atoms. The van der Waals surface area contributed by atoms with Crippen LogP contribution in [0.1, 0.15) is 23.2 Å². The number of hydrogen-bond acceptors (Lipinski definition) is 3. The minimum absolute atomic E-state index is 0.0668. The number of carbonyl (C=O) groups excluding carboxylic acids is 2. The molecule has 3 aromatic carbocycles. The van der Waals surface area contributed by atoms with Crippen LogP contribution >= 0.6 is 0 Å². The summed E-state index contributed by atoms with van der Waals surface area (Å²) in [6.07, 6.45) is 3.65. The van der Waals surface area contributed by atoms with Crippen LogP contribution in [0.4, 0.5) is 11.4 Å². The average molecular weight is 410 g/mol. The lowest BCUT2D eigenvalue weighted by Crippen LogP contribution is -2.29. The molecule has 0 aliphatic heterocycles. The third kappa shape index (κ3) is 3.68. The maximum atomic E-state index is 13.0. The Morgan fingerprint density at radius 2 is 1.68 bits per heavy atom. The summed E-state index contributed by atoms with van der Waals surface area (Å²) >= 11 is 0. The number of fused-ring (bicyclic) bond motifs is 1. The molecule has 2 amide bonds. The van der Waals surface area contributed by atoms with Gasteiger partial charge in [0.05, 0.1) is 22.3 Å². The first-order chi connectivity index (χ1) is 15.1. The molecule has 6 heteroatoms. The quantitative estimate of drug-likeness (QED) is 0.521. The van der Waals surface area contributed by atoms with E-state index in [1.165, 1.54) is 0 Å². The van der Waals surface area contributed by atoms with Crippen molar-refractivity contribution in [3.8, 4) is 5.69 Å². The second-order valence-corrected chi connectivity index (χ2v) is 7.79. The fraction of sp³-hybridized carbons (Fsp3) is 0.160. The summed E-state index contributed by atoms with van der Waals surface area (Å²) in [6.45, 7) is 0. The molecule has 1 aliphatic rings. The molecule has 1 heterocycles. The molecular weight excluding hydrogens is 388 g/mol. The Kier molecular flexibility index (Phi) is 4.75. The highest BCUT2D eigenvalue weighted by molar-refractivity contribution is 6.11. The number of benzene rings is 3. The van der Waals surface area contributed by atoms with Gasteiger partial charge in [0.1, 0.15) is 6.33 Å². The van der Waals surface area contributed by atoms with Crippen LogP contribution in [-0.2, 0) is 4.79 Å². The monoisotopic (exact) mass is 410 g/mol. The van der Waals surface area contributed by atoms with Crippen LogP contribution in [0.3, 0.4) is 0 Å². The van der Waals surface area contributed by atoms with Gasteiger partial charge in [0, 0.05) is 24.3 Å². The van der Waals surface area contributed by atoms with Crippen LogP contribution in [0.15, 0.2) is 79.1 Å². The average Bonchev–Trinajstić information content (AvgIpc) is 3.57. The van der Waals surface area contributed by atoms with Gasteiger partial charge < -0.3 is 10.2 Å². The topological polar surface area (TPSA) is 67.2 Å². The number of amides is 2. The molecule has 0 unspecified atom stereocenters. The molecule has 0 radical (unpaired) electrons. The maximum absolute atomic E-state index is 13.0. The van der Waals surface area contributed by atoms with Gasteiger partial charge in [-0.1, -0.05) is 24.3 Å². The zero-order chi connectivity index (χ0) is 21.4. The van der Waals surface area contributed by atoms with Gasteiger partial charge in [-0.2, -0.15) is 0 Å². The van der Waals surface area contributed by atoms with Crippen molar-refractivity contribution in [2.24, 2.45) is 5.92 Å². The van der Waals surface area contributed by atoms with Crippen LogP contribution < -0.4 is 10.2 Å². The first kappa shape index (κ1) is 19.1.